The highest BCUT2D eigenvalue weighted by molar-refractivity contribution is 7.89. The maximum absolute atomic E-state index is 13.1. The molecule has 7 nitrogen and oxygen atoms in total. The van der Waals surface area contributed by atoms with Gasteiger partial charge in [0.2, 0.25) is 15.9 Å². The first-order valence-corrected chi connectivity index (χ1v) is 14.4. The molecule has 1 N–H and O–H groups in total. The molecule has 8 heteroatoms. The molecule has 3 heterocycles. The summed E-state index contributed by atoms with van der Waals surface area (Å²) in [5.74, 6) is 0.746. The largest absolute Gasteiger partial charge is 0.356 e. The summed E-state index contributed by atoms with van der Waals surface area (Å²) in [6, 6.07) is 17.1. The highest BCUT2D eigenvalue weighted by Crippen LogP contribution is 2.28. The number of pyridine rings is 1. The van der Waals surface area contributed by atoms with Crippen LogP contribution in [0.4, 0.5) is 11.5 Å². The van der Waals surface area contributed by atoms with E-state index >= 15 is 0 Å². The smallest absolute Gasteiger partial charge is 0.243 e. The van der Waals surface area contributed by atoms with Gasteiger partial charge in [0.25, 0.3) is 0 Å². The molecule has 2 aliphatic rings. The zero-order valence-corrected chi connectivity index (χ0v) is 21.6. The van der Waals surface area contributed by atoms with Crippen molar-refractivity contribution in [3.05, 3.63) is 60.2 Å². The van der Waals surface area contributed by atoms with Gasteiger partial charge >= 0.3 is 0 Å². The maximum Gasteiger partial charge on any atom is 0.243 e. The molecule has 2 aliphatic heterocycles. The van der Waals surface area contributed by atoms with Gasteiger partial charge in [-0.2, -0.15) is 4.31 Å². The predicted molar refractivity (Wildman–Crippen MR) is 144 cm³/mol. The van der Waals surface area contributed by atoms with Gasteiger partial charge in [0.05, 0.1) is 16.3 Å². The molecule has 1 aromatic heterocycles. The van der Waals surface area contributed by atoms with Crippen molar-refractivity contribution in [1.29, 1.82) is 0 Å². The van der Waals surface area contributed by atoms with Gasteiger partial charge in [-0.25, -0.2) is 13.4 Å². The summed E-state index contributed by atoms with van der Waals surface area (Å²) >= 11 is 0. The molecule has 0 bridgehead atoms. The van der Waals surface area contributed by atoms with Crippen molar-refractivity contribution in [2.24, 2.45) is 5.92 Å². The number of fused-ring (bicyclic) bond motifs is 1. The van der Waals surface area contributed by atoms with Crippen molar-refractivity contribution < 1.29 is 13.2 Å². The highest BCUT2D eigenvalue weighted by Gasteiger charge is 2.28. The van der Waals surface area contributed by atoms with Gasteiger partial charge in [0, 0.05) is 37.3 Å². The molecule has 2 saturated heterocycles. The van der Waals surface area contributed by atoms with Crippen LogP contribution in [0.15, 0.2) is 59.5 Å². The first kappa shape index (κ1) is 24.7. The van der Waals surface area contributed by atoms with Crippen molar-refractivity contribution in [3.63, 3.8) is 0 Å². The minimum absolute atomic E-state index is 0.0392. The summed E-state index contributed by atoms with van der Waals surface area (Å²) in [5.41, 5.74) is 2.83. The number of carbonyl (C=O) groups excluding carboxylic acids is 1. The summed E-state index contributed by atoms with van der Waals surface area (Å²) in [6.07, 6.45) is 5.65. The molecule has 0 saturated carbocycles. The van der Waals surface area contributed by atoms with E-state index in [0.717, 1.165) is 67.5 Å². The van der Waals surface area contributed by atoms with Crippen LogP contribution in [-0.4, -0.2) is 49.8 Å². The van der Waals surface area contributed by atoms with Gasteiger partial charge in [0.15, 0.2) is 0 Å². The van der Waals surface area contributed by atoms with E-state index in [-0.39, 0.29) is 11.8 Å². The normalized spacial score (nSPS) is 19.4. The molecule has 2 fully saturated rings. The first-order valence-electron chi connectivity index (χ1n) is 13.0. The third-order valence-electron chi connectivity index (χ3n) is 7.34. The van der Waals surface area contributed by atoms with Crippen molar-refractivity contribution in [2.45, 2.75) is 50.3 Å². The van der Waals surface area contributed by atoms with Crippen molar-refractivity contribution in [3.8, 4) is 0 Å². The standard InChI is InChI=1S/C28H34N4O3S/c1-2-21-8-11-24(12-9-21)29-28(33)23-7-6-16-31(20-23)27-15-10-22-19-25(13-14-26(22)30-27)36(34,35)32-17-4-3-5-18-32/h8-15,19,23H,2-7,16-18,20H2,1H3,(H,29,33). The van der Waals surface area contributed by atoms with Gasteiger partial charge < -0.3 is 10.2 Å². The minimum Gasteiger partial charge on any atom is -0.356 e. The Bertz CT molecular complexity index is 1330. The number of aromatic nitrogens is 1. The molecule has 0 radical (unpaired) electrons. The molecule has 36 heavy (non-hydrogen) atoms. The Morgan fingerprint density at radius 3 is 2.50 bits per heavy atom. The Hall–Kier alpha value is -2.97. The Kier molecular flexibility index (Phi) is 7.25. The Morgan fingerprint density at radius 1 is 0.972 bits per heavy atom. The van der Waals surface area contributed by atoms with Crippen LogP contribution in [-0.2, 0) is 21.2 Å². The van der Waals surface area contributed by atoms with Crippen LogP contribution < -0.4 is 10.2 Å². The average molecular weight is 507 g/mol. The molecule has 0 aliphatic carbocycles. The lowest BCUT2D eigenvalue weighted by Gasteiger charge is -2.33. The lowest BCUT2D eigenvalue weighted by atomic mass is 9.97. The zero-order valence-electron chi connectivity index (χ0n) is 20.8. The number of amides is 1. The van der Waals surface area contributed by atoms with Gasteiger partial charge in [0.1, 0.15) is 5.82 Å². The van der Waals surface area contributed by atoms with E-state index in [9.17, 15) is 13.2 Å². The summed E-state index contributed by atoms with van der Waals surface area (Å²) in [5, 5.41) is 3.87. The van der Waals surface area contributed by atoms with Crippen LogP contribution in [0.1, 0.15) is 44.6 Å². The second-order valence-corrected chi connectivity index (χ2v) is 11.8. The Morgan fingerprint density at radius 2 is 1.75 bits per heavy atom. The fourth-order valence-electron chi connectivity index (χ4n) is 5.15. The molecule has 3 aromatic rings. The van der Waals surface area contributed by atoms with Crippen molar-refractivity contribution in [2.75, 3.05) is 36.4 Å². The molecular formula is C28H34N4O3S. The number of nitrogens with zero attached hydrogens (tertiary/aromatic N) is 3. The summed E-state index contributed by atoms with van der Waals surface area (Å²) < 4.78 is 27.7. The molecule has 5 rings (SSSR count). The molecule has 1 amide bonds. The number of carbonyl (C=O) groups is 1. The Balaban J connectivity index is 1.29. The van der Waals surface area contributed by atoms with E-state index in [1.165, 1.54) is 5.56 Å². The molecule has 2 aromatic carbocycles. The summed E-state index contributed by atoms with van der Waals surface area (Å²) in [7, 11) is -3.48. The van der Waals surface area contributed by atoms with Gasteiger partial charge in [-0.05, 0) is 80.1 Å². The molecular weight excluding hydrogens is 472 g/mol. The van der Waals surface area contributed by atoms with Crippen LogP contribution in [0.5, 0.6) is 0 Å². The van der Waals surface area contributed by atoms with Crippen LogP contribution in [0, 0.1) is 5.92 Å². The van der Waals surface area contributed by atoms with Crippen LogP contribution in [0.3, 0.4) is 0 Å². The second-order valence-electron chi connectivity index (χ2n) is 9.81. The van der Waals surface area contributed by atoms with Gasteiger partial charge in [-0.1, -0.05) is 25.5 Å². The quantitative estimate of drug-likeness (QED) is 0.518. The van der Waals surface area contributed by atoms with Crippen LogP contribution in [0.2, 0.25) is 0 Å². The number of benzene rings is 2. The highest BCUT2D eigenvalue weighted by atomic mass is 32.2. The molecule has 1 unspecified atom stereocenters. The summed E-state index contributed by atoms with van der Waals surface area (Å²) in [4.78, 5) is 20.3. The van der Waals surface area contributed by atoms with Crippen molar-refractivity contribution >= 4 is 38.3 Å². The number of rotatable bonds is 6. The van der Waals surface area contributed by atoms with Gasteiger partial charge in [-0.3, -0.25) is 4.79 Å². The third-order valence-corrected chi connectivity index (χ3v) is 9.24. The van der Waals surface area contributed by atoms with E-state index in [0.29, 0.717) is 24.5 Å². The molecule has 1 atom stereocenters. The van der Waals surface area contributed by atoms with Gasteiger partial charge in [-0.15, -0.1) is 0 Å². The van der Waals surface area contributed by atoms with Crippen molar-refractivity contribution in [1.82, 2.24) is 9.29 Å². The van der Waals surface area contributed by atoms with Crippen LogP contribution >= 0.6 is 0 Å². The van der Waals surface area contributed by atoms with E-state index in [1.54, 1.807) is 22.5 Å². The third kappa shape index (κ3) is 5.25. The zero-order chi connectivity index (χ0) is 25.1. The van der Waals surface area contributed by atoms with E-state index in [2.05, 4.69) is 17.1 Å². The number of hydrogen-bond donors (Lipinski definition) is 1. The average Bonchev–Trinajstić information content (AvgIpc) is 2.93. The lowest BCUT2D eigenvalue weighted by Crippen LogP contribution is -2.41. The fourth-order valence-corrected chi connectivity index (χ4v) is 6.70. The monoisotopic (exact) mass is 506 g/mol. The Labute approximate surface area is 213 Å². The van der Waals surface area contributed by atoms with E-state index < -0.39 is 10.0 Å². The second kappa shape index (κ2) is 10.6. The number of nitrogens with one attached hydrogen (secondary N) is 1. The van der Waals surface area contributed by atoms with Crippen LogP contribution in [0.25, 0.3) is 10.9 Å². The van der Waals surface area contributed by atoms with E-state index in [4.69, 9.17) is 4.98 Å². The minimum atomic E-state index is -3.48. The number of hydrogen-bond acceptors (Lipinski definition) is 5. The molecule has 190 valence electrons. The fraction of sp³-hybridized carbons (Fsp3) is 0.429. The predicted octanol–water partition coefficient (Wildman–Crippen LogP) is 4.83. The number of piperidine rings is 2. The SMILES string of the molecule is CCc1ccc(NC(=O)C2CCCN(c3ccc4cc(S(=O)(=O)N5CCCCC5)ccc4n3)C2)cc1. The topological polar surface area (TPSA) is 82.6 Å². The number of anilines is 2. The summed E-state index contributed by atoms with van der Waals surface area (Å²) in [6.45, 7) is 4.74. The molecule has 0 spiro atoms. The lowest BCUT2D eigenvalue weighted by molar-refractivity contribution is -0.120. The number of aryl methyl sites for hydroxylation is 1. The first-order chi connectivity index (χ1) is 17.4. The maximum atomic E-state index is 13.1. The number of sulfonamides is 1. The van der Waals surface area contributed by atoms with E-state index in [1.807, 2.05) is 36.4 Å².